The highest BCUT2D eigenvalue weighted by molar-refractivity contribution is 5.89. The van der Waals surface area contributed by atoms with E-state index in [1.54, 1.807) is 18.9 Å². The molecule has 9 heteroatoms. The van der Waals surface area contributed by atoms with Gasteiger partial charge in [-0.25, -0.2) is 4.79 Å². The Balaban J connectivity index is 1.32. The summed E-state index contributed by atoms with van der Waals surface area (Å²) in [7, 11) is 1.63. The second kappa shape index (κ2) is 10.3. The van der Waals surface area contributed by atoms with Crippen molar-refractivity contribution in [1.82, 2.24) is 14.7 Å². The Labute approximate surface area is 209 Å². The summed E-state index contributed by atoms with van der Waals surface area (Å²) in [6, 6.07) is 13.5. The van der Waals surface area contributed by atoms with E-state index in [-0.39, 0.29) is 25.0 Å². The van der Waals surface area contributed by atoms with E-state index in [0.29, 0.717) is 44.6 Å². The van der Waals surface area contributed by atoms with Crippen LogP contribution < -0.4 is 14.2 Å². The van der Waals surface area contributed by atoms with Gasteiger partial charge in [-0.2, -0.15) is 5.10 Å². The minimum Gasteiger partial charge on any atom is -0.497 e. The third kappa shape index (κ3) is 4.86. The van der Waals surface area contributed by atoms with Gasteiger partial charge in [-0.1, -0.05) is 18.2 Å². The van der Waals surface area contributed by atoms with Crippen LogP contribution in [0, 0.1) is 0 Å². The summed E-state index contributed by atoms with van der Waals surface area (Å²) in [5.41, 5.74) is 4.03. The van der Waals surface area contributed by atoms with Crippen LogP contribution in [-0.2, 0) is 35.5 Å². The number of hydrogen-bond acceptors (Lipinski definition) is 7. The second-order valence-corrected chi connectivity index (χ2v) is 8.76. The lowest BCUT2D eigenvalue weighted by atomic mass is 10.0. The van der Waals surface area contributed by atoms with Gasteiger partial charge in [0.05, 0.1) is 20.3 Å². The Bertz CT molecular complexity index is 1280. The summed E-state index contributed by atoms with van der Waals surface area (Å²) in [5.74, 6) is 1.77. The maximum Gasteiger partial charge on any atom is 0.359 e. The molecule has 0 bridgehead atoms. The van der Waals surface area contributed by atoms with Crippen molar-refractivity contribution >= 4 is 11.9 Å². The van der Waals surface area contributed by atoms with Crippen LogP contribution in [0.3, 0.4) is 0 Å². The first-order valence-corrected chi connectivity index (χ1v) is 12.1. The van der Waals surface area contributed by atoms with Crippen molar-refractivity contribution in [1.29, 1.82) is 0 Å². The van der Waals surface area contributed by atoms with Crippen molar-refractivity contribution in [2.24, 2.45) is 0 Å². The molecule has 9 nitrogen and oxygen atoms in total. The number of aromatic nitrogens is 2. The van der Waals surface area contributed by atoms with Crippen molar-refractivity contribution in [3.63, 3.8) is 0 Å². The molecule has 0 atom stereocenters. The number of rotatable bonds is 8. The molecular weight excluding hydrogens is 462 g/mol. The normalized spacial score (nSPS) is 13.9. The summed E-state index contributed by atoms with van der Waals surface area (Å²) in [6.45, 7) is 3.65. The van der Waals surface area contributed by atoms with E-state index in [4.69, 9.17) is 18.9 Å². The fourth-order valence-electron chi connectivity index (χ4n) is 4.65. The molecule has 1 aromatic heterocycles. The number of esters is 1. The summed E-state index contributed by atoms with van der Waals surface area (Å²) >= 11 is 0. The van der Waals surface area contributed by atoms with E-state index < -0.39 is 5.97 Å². The highest BCUT2D eigenvalue weighted by Crippen LogP contribution is 2.33. The van der Waals surface area contributed by atoms with Crippen molar-refractivity contribution in [3.8, 4) is 17.2 Å². The fraction of sp³-hybridized carbons (Fsp3) is 0.370. The topological polar surface area (TPSA) is 92.1 Å². The lowest BCUT2D eigenvalue weighted by molar-refractivity contribution is -0.132. The minimum atomic E-state index is -0.465. The molecule has 3 heterocycles. The number of aryl methyl sites for hydroxylation is 1. The molecule has 0 radical (unpaired) electrons. The summed E-state index contributed by atoms with van der Waals surface area (Å²) in [6.07, 6.45) is 1.57. The van der Waals surface area contributed by atoms with Gasteiger partial charge in [0.1, 0.15) is 5.75 Å². The van der Waals surface area contributed by atoms with Crippen molar-refractivity contribution in [3.05, 3.63) is 70.5 Å². The molecule has 2 aliphatic rings. The SMILES string of the molecule is CCOC(=O)c1nn(Cc2cccc(OC)c2)c2c1CN(C(=O)CCc1ccc3c(c1)OCO3)CC2. The van der Waals surface area contributed by atoms with E-state index in [0.717, 1.165) is 33.9 Å². The summed E-state index contributed by atoms with van der Waals surface area (Å²) in [5, 5.41) is 4.62. The highest BCUT2D eigenvalue weighted by atomic mass is 16.7. The van der Waals surface area contributed by atoms with Gasteiger partial charge in [0.15, 0.2) is 17.2 Å². The van der Waals surface area contributed by atoms with E-state index in [1.165, 1.54) is 0 Å². The first-order valence-electron chi connectivity index (χ1n) is 12.1. The molecule has 5 rings (SSSR count). The number of benzene rings is 2. The van der Waals surface area contributed by atoms with Crippen molar-refractivity contribution < 1.29 is 28.5 Å². The fourth-order valence-corrected chi connectivity index (χ4v) is 4.65. The Morgan fingerprint density at radius 3 is 2.78 bits per heavy atom. The quantitative estimate of drug-likeness (QED) is 0.446. The molecule has 0 fully saturated rings. The number of amides is 1. The van der Waals surface area contributed by atoms with Gasteiger partial charge in [-0.15, -0.1) is 0 Å². The molecule has 1 amide bonds. The van der Waals surface area contributed by atoms with Crippen LogP contribution in [0.25, 0.3) is 0 Å². The van der Waals surface area contributed by atoms with Gasteiger partial charge in [0.2, 0.25) is 12.7 Å². The van der Waals surface area contributed by atoms with Crippen LogP contribution in [0.2, 0.25) is 0 Å². The molecule has 0 spiro atoms. The summed E-state index contributed by atoms with van der Waals surface area (Å²) in [4.78, 5) is 27.6. The summed E-state index contributed by atoms with van der Waals surface area (Å²) < 4.78 is 23.3. The Hall–Kier alpha value is -4.01. The zero-order valence-corrected chi connectivity index (χ0v) is 20.5. The van der Waals surface area contributed by atoms with Gasteiger partial charge in [-0.05, 0) is 48.7 Å². The monoisotopic (exact) mass is 491 g/mol. The third-order valence-electron chi connectivity index (χ3n) is 6.49. The first-order chi connectivity index (χ1) is 17.6. The van der Waals surface area contributed by atoms with Crippen molar-refractivity contribution in [2.75, 3.05) is 27.1 Å². The molecule has 0 saturated heterocycles. The van der Waals surface area contributed by atoms with Crippen LogP contribution in [0.4, 0.5) is 0 Å². The standard InChI is InChI=1S/C27H29N3O6/c1-3-34-27(32)26-21-16-29(25(31)10-8-18-7-9-23-24(14-18)36-17-35-23)12-11-22(21)30(28-26)15-19-5-4-6-20(13-19)33-2/h4-7,9,13-14H,3,8,10-12,15-17H2,1-2H3. The van der Waals surface area contributed by atoms with Gasteiger partial charge in [0, 0.05) is 37.2 Å². The van der Waals surface area contributed by atoms with Crippen LogP contribution in [-0.4, -0.2) is 53.6 Å². The molecule has 0 N–H and O–H groups in total. The van der Waals surface area contributed by atoms with Crippen LogP contribution >= 0.6 is 0 Å². The Morgan fingerprint density at radius 1 is 1.08 bits per heavy atom. The van der Waals surface area contributed by atoms with E-state index in [9.17, 15) is 9.59 Å². The predicted molar refractivity (Wildman–Crippen MR) is 130 cm³/mol. The first kappa shape index (κ1) is 23.7. The van der Waals surface area contributed by atoms with E-state index in [1.807, 2.05) is 47.1 Å². The number of nitrogens with zero attached hydrogens (tertiary/aromatic N) is 3. The average Bonchev–Trinajstić information content (AvgIpc) is 3.51. The molecule has 2 aliphatic heterocycles. The van der Waals surface area contributed by atoms with Crippen LogP contribution in [0.15, 0.2) is 42.5 Å². The molecule has 188 valence electrons. The number of carbonyl (C=O) groups excluding carboxylic acids is 2. The average molecular weight is 492 g/mol. The van der Waals surface area contributed by atoms with Crippen molar-refractivity contribution in [2.45, 2.75) is 39.3 Å². The molecular formula is C27H29N3O6. The Morgan fingerprint density at radius 2 is 1.94 bits per heavy atom. The molecule has 2 aromatic carbocycles. The van der Waals surface area contributed by atoms with Gasteiger partial charge in [-0.3, -0.25) is 9.48 Å². The van der Waals surface area contributed by atoms with Gasteiger partial charge >= 0.3 is 5.97 Å². The molecule has 0 aliphatic carbocycles. The minimum absolute atomic E-state index is 0.0358. The second-order valence-electron chi connectivity index (χ2n) is 8.76. The Kier molecular flexibility index (Phi) is 6.79. The third-order valence-corrected chi connectivity index (χ3v) is 6.49. The number of ether oxygens (including phenoxy) is 4. The lowest BCUT2D eigenvalue weighted by Gasteiger charge is -2.28. The molecule has 0 saturated carbocycles. The van der Waals surface area contributed by atoms with E-state index >= 15 is 0 Å². The maximum absolute atomic E-state index is 13.1. The van der Waals surface area contributed by atoms with Crippen LogP contribution in [0.5, 0.6) is 17.2 Å². The van der Waals surface area contributed by atoms with Gasteiger partial charge in [0.25, 0.3) is 0 Å². The lowest BCUT2D eigenvalue weighted by Crippen LogP contribution is -2.37. The van der Waals surface area contributed by atoms with Gasteiger partial charge < -0.3 is 23.8 Å². The molecule has 36 heavy (non-hydrogen) atoms. The number of methoxy groups -OCH3 is 1. The largest absolute Gasteiger partial charge is 0.497 e. The molecule has 0 unspecified atom stereocenters. The number of hydrogen-bond donors (Lipinski definition) is 0. The highest BCUT2D eigenvalue weighted by Gasteiger charge is 2.30. The number of carbonyl (C=O) groups is 2. The zero-order valence-electron chi connectivity index (χ0n) is 20.5. The smallest absolute Gasteiger partial charge is 0.359 e. The predicted octanol–water partition coefficient (Wildman–Crippen LogP) is 3.36. The van der Waals surface area contributed by atoms with Crippen LogP contribution in [0.1, 0.15) is 46.2 Å². The van der Waals surface area contributed by atoms with E-state index in [2.05, 4.69) is 5.10 Å². The maximum atomic E-state index is 13.1. The molecule has 3 aromatic rings. The zero-order chi connectivity index (χ0) is 25.1. The number of fused-ring (bicyclic) bond motifs is 2.